The van der Waals surface area contributed by atoms with Crippen molar-refractivity contribution in [2.75, 3.05) is 6.54 Å². The first-order valence-corrected chi connectivity index (χ1v) is 9.14. The Labute approximate surface area is 155 Å². The van der Waals surface area contributed by atoms with Crippen molar-refractivity contribution in [1.82, 2.24) is 15.6 Å². The number of nitrogens with zero attached hydrogens (tertiary/aromatic N) is 1. The Balaban J connectivity index is 1.54. The largest absolute Gasteiger partial charge is 0.352 e. The topological polar surface area (TPSA) is 71.1 Å². The number of thiazole rings is 1. The molecule has 0 aliphatic heterocycles. The van der Waals surface area contributed by atoms with Crippen molar-refractivity contribution in [1.29, 1.82) is 0 Å². The molecule has 2 amide bonds. The lowest BCUT2D eigenvalue weighted by molar-refractivity contribution is -0.116. The highest BCUT2D eigenvalue weighted by atomic mass is 32.1. The summed E-state index contributed by atoms with van der Waals surface area (Å²) in [6, 6.07) is 13.6. The number of rotatable bonds is 7. The number of hydrogen-bond donors (Lipinski definition) is 2. The van der Waals surface area contributed by atoms with Crippen LogP contribution in [0.15, 0.2) is 60.6 Å². The number of fused-ring (bicyclic) bond motifs is 1. The Bertz CT molecular complexity index is 932. The van der Waals surface area contributed by atoms with E-state index in [4.69, 9.17) is 0 Å². The van der Waals surface area contributed by atoms with E-state index >= 15 is 0 Å². The van der Waals surface area contributed by atoms with Gasteiger partial charge in [0.2, 0.25) is 5.91 Å². The Morgan fingerprint density at radius 2 is 1.85 bits per heavy atom. The highest BCUT2D eigenvalue weighted by Crippen LogP contribution is 2.21. The monoisotopic (exact) mass is 365 g/mol. The van der Waals surface area contributed by atoms with Gasteiger partial charge in [-0.1, -0.05) is 36.9 Å². The molecular formula is C20H19N3O2S. The molecule has 3 aromatic rings. The number of carbonyl (C=O) groups excluding carboxylic acids is 2. The average molecular weight is 365 g/mol. The van der Waals surface area contributed by atoms with E-state index in [-0.39, 0.29) is 11.8 Å². The van der Waals surface area contributed by atoms with Gasteiger partial charge in [0.15, 0.2) is 0 Å². The summed E-state index contributed by atoms with van der Waals surface area (Å²) in [7, 11) is 0. The van der Waals surface area contributed by atoms with Crippen LogP contribution in [0.4, 0.5) is 0 Å². The van der Waals surface area contributed by atoms with Crippen LogP contribution in [0.5, 0.6) is 0 Å². The smallest absolute Gasteiger partial charge is 0.253 e. The second-order valence-corrected chi connectivity index (χ2v) is 6.64. The van der Waals surface area contributed by atoms with Crippen LogP contribution in [0.1, 0.15) is 21.5 Å². The lowest BCUT2D eigenvalue weighted by Crippen LogP contribution is -2.23. The molecule has 2 aromatic carbocycles. The van der Waals surface area contributed by atoms with Crippen molar-refractivity contribution >= 4 is 33.4 Å². The molecule has 0 saturated heterocycles. The molecule has 0 spiro atoms. The van der Waals surface area contributed by atoms with Crippen LogP contribution in [-0.4, -0.2) is 23.3 Å². The second kappa shape index (κ2) is 8.40. The molecule has 0 unspecified atom stereocenters. The van der Waals surface area contributed by atoms with E-state index in [9.17, 15) is 9.59 Å². The Hall–Kier alpha value is -2.99. The highest BCUT2D eigenvalue weighted by molar-refractivity contribution is 7.16. The molecular weight excluding hydrogens is 346 g/mol. The summed E-state index contributed by atoms with van der Waals surface area (Å²) in [6.45, 7) is 4.44. The van der Waals surface area contributed by atoms with E-state index in [2.05, 4.69) is 22.2 Å². The van der Waals surface area contributed by atoms with Gasteiger partial charge in [-0.3, -0.25) is 9.59 Å². The third kappa shape index (κ3) is 4.34. The van der Waals surface area contributed by atoms with E-state index in [1.54, 1.807) is 11.6 Å². The minimum atomic E-state index is -0.167. The lowest BCUT2D eigenvalue weighted by Gasteiger charge is -2.07. The van der Waals surface area contributed by atoms with E-state index in [1.807, 2.05) is 36.4 Å². The molecule has 0 atom stereocenters. The molecule has 0 aliphatic rings. The molecule has 0 bridgehead atoms. The molecule has 0 radical (unpaired) electrons. The van der Waals surface area contributed by atoms with E-state index in [1.165, 1.54) is 17.4 Å². The lowest BCUT2D eigenvalue weighted by atomic mass is 10.1. The van der Waals surface area contributed by atoms with Crippen LogP contribution in [0.2, 0.25) is 0 Å². The van der Waals surface area contributed by atoms with Gasteiger partial charge < -0.3 is 10.6 Å². The van der Waals surface area contributed by atoms with Gasteiger partial charge in [0, 0.05) is 13.1 Å². The number of benzene rings is 2. The van der Waals surface area contributed by atoms with Crippen molar-refractivity contribution in [2.24, 2.45) is 0 Å². The maximum atomic E-state index is 12.4. The van der Waals surface area contributed by atoms with Crippen LogP contribution in [0.3, 0.4) is 0 Å². The van der Waals surface area contributed by atoms with Gasteiger partial charge >= 0.3 is 0 Å². The normalized spacial score (nSPS) is 10.5. The third-order valence-electron chi connectivity index (χ3n) is 3.98. The van der Waals surface area contributed by atoms with Crippen molar-refractivity contribution in [3.05, 3.63) is 77.3 Å². The van der Waals surface area contributed by atoms with Gasteiger partial charge in [-0.2, -0.15) is 0 Å². The number of carbonyl (C=O) groups is 2. The molecule has 1 aromatic heterocycles. The van der Waals surface area contributed by atoms with Crippen LogP contribution in [0, 0.1) is 0 Å². The standard InChI is InChI=1S/C20H19N3O2S/c1-2-18(24)21-11-10-14-6-8-15(9-7-14)12-22-20(25)16-4-3-5-17-19(16)23-13-26-17/h2-9,13H,1,10-12H2,(H,21,24)(H,22,25). The fraction of sp³-hybridized carbons (Fsp3) is 0.150. The predicted octanol–water partition coefficient (Wildman–Crippen LogP) is 3.07. The molecule has 26 heavy (non-hydrogen) atoms. The van der Waals surface area contributed by atoms with Crippen LogP contribution in [-0.2, 0) is 17.8 Å². The first kappa shape index (κ1) is 17.8. The minimum absolute atomic E-state index is 0.127. The summed E-state index contributed by atoms with van der Waals surface area (Å²) in [5.74, 6) is -0.294. The van der Waals surface area contributed by atoms with Gasteiger partial charge in [-0.25, -0.2) is 4.98 Å². The highest BCUT2D eigenvalue weighted by Gasteiger charge is 2.11. The fourth-order valence-electron chi connectivity index (χ4n) is 2.57. The molecule has 0 aliphatic carbocycles. The summed E-state index contributed by atoms with van der Waals surface area (Å²) in [5, 5.41) is 5.69. The first-order chi connectivity index (χ1) is 12.7. The molecule has 3 rings (SSSR count). The Morgan fingerprint density at radius 1 is 1.08 bits per heavy atom. The first-order valence-electron chi connectivity index (χ1n) is 8.26. The summed E-state index contributed by atoms with van der Waals surface area (Å²) >= 11 is 1.52. The maximum Gasteiger partial charge on any atom is 0.253 e. The number of para-hydroxylation sites is 1. The molecule has 6 heteroatoms. The SMILES string of the molecule is C=CC(=O)NCCc1ccc(CNC(=O)c2cccc3scnc23)cc1. The van der Waals surface area contributed by atoms with Gasteiger partial charge in [-0.15, -0.1) is 11.3 Å². The third-order valence-corrected chi connectivity index (χ3v) is 4.77. The van der Waals surface area contributed by atoms with Gasteiger partial charge in [-0.05, 0) is 35.8 Å². The minimum Gasteiger partial charge on any atom is -0.352 e. The Morgan fingerprint density at radius 3 is 2.62 bits per heavy atom. The maximum absolute atomic E-state index is 12.4. The average Bonchev–Trinajstić information content (AvgIpc) is 3.15. The molecule has 1 heterocycles. The zero-order chi connectivity index (χ0) is 18.4. The van der Waals surface area contributed by atoms with Crippen LogP contribution >= 0.6 is 11.3 Å². The van der Waals surface area contributed by atoms with Crippen LogP contribution < -0.4 is 10.6 Å². The number of nitrogens with one attached hydrogen (secondary N) is 2. The molecule has 5 nitrogen and oxygen atoms in total. The summed E-state index contributed by atoms with van der Waals surface area (Å²) in [5.41, 5.74) is 5.22. The van der Waals surface area contributed by atoms with E-state index in [0.29, 0.717) is 18.7 Å². The van der Waals surface area contributed by atoms with Crippen molar-refractivity contribution in [2.45, 2.75) is 13.0 Å². The zero-order valence-corrected chi connectivity index (χ0v) is 15.0. The fourth-order valence-corrected chi connectivity index (χ4v) is 3.28. The number of hydrogen-bond acceptors (Lipinski definition) is 4. The molecule has 0 saturated carbocycles. The molecule has 132 valence electrons. The van der Waals surface area contributed by atoms with E-state index in [0.717, 1.165) is 27.8 Å². The van der Waals surface area contributed by atoms with Gasteiger partial charge in [0.1, 0.15) is 0 Å². The van der Waals surface area contributed by atoms with Crippen molar-refractivity contribution in [3.63, 3.8) is 0 Å². The predicted molar refractivity (Wildman–Crippen MR) is 104 cm³/mol. The second-order valence-electron chi connectivity index (χ2n) is 5.75. The van der Waals surface area contributed by atoms with Crippen molar-refractivity contribution in [3.8, 4) is 0 Å². The zero-order valence-electron chi connectivity index (χ0n) is 14.2. The van der Waals surface area contributed by atoms with Crippen LogP contribution in [0.25, 0.3) is 10.2 Å². The van der Waals surface area contributed by atoms with E-state index < -0.39 is 0 Å². The van der Waals surface area contributed by atoms with Gasteiger partial charge in [0.05, 0.1) is 21.3 Å². The Kier molecular flexibility index (Phi) is 5.76. The van der Waals surface area contributed by atoms with Crippen molar-refractivity contribution < 1.29 is 9.59 Å². The molecule has 2 N–H and O–H groups in total. The molecule has 0 fully saturated rings. The summed E-state index contributed by atoms with van der Waals surface area (Å²) in [6.07, 6.45) is 2.01. The van der Waals surface area contributed by atoms with Gasteiger partial charge in [0.25, 0.3) is 5.91 Å². The summed E-state index contributed by atoms with van der Waals surface area (Å²) < 4.78 is 1.01. The summed E-state index contributed by atoms with van der Waals surface area (Å²) in [4.78, 5) is 27.8. The number of amides is 2. The number of aromatic nitrogens is 1. The quantitative estimate of drug-likeness (QED) is 0.632.